The minimum absolute atomic E-state index is 0.228. The van der Waals surface area contributed by atoms with Gasteiger partial charge in [0.2, 0.25) is 0 Å². The molecule has 0 aromatic carbocycles. The summed E-state index contributed by atoms with van der Waals surface area (Å²) in [4.78, 5) is 12.8. The molecule has 10 heteroatoms. The molecule has 0 unspecified atom stereocenters. The number of piperidine rings is 1. The Bertz CT molecular complexity index is 911. The first-order valence-corrected chi connectivity index (χ1v) is 11.8. The zero-order valence-corrected chi connectivity index (χ0v) is 18.1. The molecular weight excluding hydrogens is 398 g/mol. The summed E-state index contributed by atoms with van der Waals surface area (Å²) < 4.78 is 29.3. The van der Waals surface area contributed by atoms with Crippen LogP contribution in [0.4, 0.5) is 0 Å². The van der Waals surface area contributed by atoms with Crippen LogP contribution in [0.3, 0.4) is 0 Å². The number of sulfonamides is 1. The Balaban J connectivity index is 1.58. The topological polar surface area (TPSA) is 97.2 Å². The van der Waals surface area contributed by atoms with Crippen LogP contribution in [0.2, 0.25) is 0 Å². The summed E-state index contributed by atoms with van der Waals surface area (Å²) in [5.41, 5.74) is 0. The van der Waals surface area contributed by atoms with Crippen LogP contribution in [0.25, 0.3) is 0 Å². The molecule has 1 N–H and O–H groups in total. The maximum atomic E-state index is 12.8. The maximum absolute atomic E-state index is 12.8. The Hall–Kier alpha value is -1.78. The van der Waals surface area contributed by atoms with Gasteiger partial charge in [0.05, 0.1) is 4.88 Å². The Morgan fingerprint density at radius 1 is 1.32 bits per heavy atom. The Morgan fingerprint density at radius 3 is 2.71 bits per heavy atom. The van der Waals surface area contributed by atoms with Crippen LogP contribution in [0, 0.1) is 5.92 Å². The van der Waals surface area contributed by atoms with E-state index in [1.165, 1.54) is 10.4 Å². The highest BCUT2D eigenvalue weighted by Crippen LogP contribution is 2.28. The second-order valence-corrected chi connectivity index (χ2v) is 10.7. The van der Waals surface area contributed by atoms with E-state index in [1.54, 1.807) is 12.4 Å². The highest BCUT2D eigenvalue weighted by atomic mass is 32.2. The van der Waals surface area contributed by atoms with Crippen molar-refractivity contribution in [2.45, 2.75) is 50.3 Å². The maximum Gasteiger partial charge on any atom is 0.261 e. The molecule has 0 atom stereocenters. The molecule has 3 rings (SSSR count). The average Bonchev–Trinajstić information content (AvgIpc) is 3.32. The number of carbonyl (C=O) groups is 1. The predicted octanol–water partition coefficient (Wildman–Crippen LogP) is 2.31. The van der Waals surface area contributed by atoms with Crippen molar-refractivity contribution < 1.29 is 13.2 Å². The summed E-state index contributed by atoms with van der Waals surface area (Å²) in [6.45, 7) is 7.72. The van der Waals surface area contributed by atoms with Gasteiger partial charge in [0.15, 0.2) is 0 Å². The highest BCUT2D eigenvalue weighted by molar-refractivity contribution is 7.91. The minimum atomic E-state index is -3.52. The summed E-state index contributed by atoms with van der Waals surface area (Å²) >= 11 is 1.02. The van der Waals surface area contributed by atoms with E-state index >= 15 is 0 Å². The van der Waals surface area contributed by atoms with Gasteiger partial charge < -0.3 is 9.88 Å². The van der Waals surface area contributed by atoms with Crippen molar-refractivity contribution in [3.63, 3.8) is 0 Å². The van der Waals surface area contributed by atoms with Gasteiger partial charge in [-0.05, 0) is 44.7 Å². The molecule has 0 aliphatic carbocycles. The fraction of sp³-hybridized carbons (Fsp3) is 0.611. The highest BCUT2D eigenvalue weighted by Gasteiger charge is 2.29. The minimum Gasteiger partial charge on any atom is -0.351 e. The van der Waals surface area contributed by atoms with Crippen molar-refractivity contribution >= 4 is 27.3 Å². The monoisotopic (exact) mass is 425 g/mol. The average molecular weight is 426 g/mol. The van der Waals surface area contributed by atoms with Gasteiger partial charge in [-0.1, -0.05) is 6.92 Å². The van der Waals surface area contributed by atoms with Gasteiger partial charge in [0, 0.05) is 32.1 Å². The van der Waals surface area contributed by atoms with E-state index in [9.17, 15) is 13.2 Å². The second kappa shape index (κ2) is 8.71. The van der Waals surface area contributed by atoms with Crippen LogP contribution < -0.4 is 5.32 Å². The number of carbonyl (C=O) groups excluding carboxylic acids is 1. The van der Waals surface area contributed by atoms with Gasteiger partial charge in [0.1, 0.15) is 16.4 Å². The van der Waals surface area contributed by atoms with Crippen LogP contribution in [-0.4, -0.2) is 53.0 Å². The molecule has 0 radical (unpaired) electrons. The Morgan fingerprint density at radius 2 is 2.04 bits per heavy atom. The largest absolute Gasteiger partial charge is 0.351 e. The van der Waals surface area contributed by atoms with Gasteiger partial charge in [-0.2, -0.15) is 4.31 Å². The standard InChI is InChI=1S/C18H27N5O3S2/c1-13(2)23-12-20-21-16(23)6-9-19-18(24)15-4-5-17(27-15)28(25,26)22-10-7-14(3)8-11-22/h4-5,12-14H,6-11H2,1-3H3,(H,19,24). The molecule has 28 heavy (non-hydrogen) atoms. The number of nitrogens with one attached hydrogen (secondary N) is 1. The van der Waals surface area contributed by atoms with Gasteiger partial charge in [-0.25, -0.2) is 8.42 Å². The third-order valence-corrected chi connectivity index (χ3v) is 8.43. The molecule has 0 saturated carbocycles. The molecule has 1 fully saturated rings. The lowest BCUT2D eigenvalue weighted by molar-refractivity contribution is 0.0958. The third kappa shape index (κ3) is 4.61. The number of nitrogens with zero attached hydrogens (tertiary/aromatic N) is 4. The van der Waals surface area contributed by atoms with Crippen molar-refractivity contribution in [1.82, 2.24) is 24.4 Å². The molecule has 2 aromatic rings. The number of amides is 1. The van der Waals surface area contributed by atoms with Gasteiger partial charge in [-0.15, -0.1) is 21.5 Å². The Kier molecular flexibility index (Phi) is 6.51. The van der Waals surface area contributed by atoms with Crippen LogP contribution in [0.15, 0.2) is 22.7 Å². The van der Waals surface area contributed by atoms with E-state index in [-0.39, 0.29) is 16.2 Å². The molecule has 1 saturated heterocycles. The van der Waals surface area contributed by atoms with Crippen molar-refractivity contribution in [3.05, 3.63) is 29.2 Å². The predicted molar refractivity (Wildman–Crippen MR) is 108 cm³/mol. The van der Waals surface area contributed by atoms with E-state index in [4.69, 9.17) is 0 Å². The smallest absolute Gasteiger partial charge is 0.261 e. The molecule has 3 heterocycles. The van der Waals surface area contributed by atoms with E-state index in [1.807, 2.05) is 18.4 Å². The van der Waals surface area contributed by atoms with Crippen molar-refractivity contribution in [2.75, 3.05) is 19.6 Å². The van der Waals surface area contributed by atoms with Crippen LogP contribution in [0.1, 0.15) is 55.2 Å². The zero-order valence-electron chi connectivity index (χ0n) is 16.5. The fourth-order valence-corrected chi connectivity index (χ4v) is 6.03. The SMILES string of the molecule is CC1CCN(S(=O)(=O)c2ccc(C(=O)NCCc3nncn3C(C)C)s2)CC1. The van der Waals surface area contributed by atoms with Gasteiger partial charge in [-0.3, -0.25) is 4.79 Å². The van der Waals surface area contributed by atoms with E-state index < -0.39 is 10.0 Å². The molecule has 1 amide bonds. The molecule has 154 valence electrons. The van der Waals surface area contributed by atoms with E-state index in [0.29, 0.717) is 36.9 Å². The zero-order chi connectivity index (χ0) is 20.3. The number of aromatic nitrogens is 3. The summed E-state index contributed by atoms with van der Waals surface area (Å²) in [5, 5.41) is 10.8. The normalized spacial score (nSPS) is 16.6. The number of rotatable bonds is 7. The summed E-state index contributed by atoms with van der Waals surface area (Å²) in [5.74, 6) is 1.09. The Labute approximate surface area is 170 Å². The summed E-state index contributed by atoms with van der Waals surface area (Å²) in [6, 6.07) is 3.36. The molecule has 1 aliphatic rings. The number of thiophene rings is 1. The molecule has 0 spiro atoms. The quantitative estimate of drug-likeness (QED) is 0.734. The molecule has 8 nitrogen and oxygen atoms in total. The lowest BCUT2D eigenvalue weighted by Crippen LogP contribution is -2.37. The summed E-state index contributed by atoms with van der Waals surface area (Å²) in [7, 11) is -3.52. The first-order valence-electron chi connectivity index (χ1n) is 9.55. The van der Waals surface area contributed by atoms with Gasteiger partial charge >= 0.3 is 0 Å². The van der Waals surface area contributed by atoms with Crippen molar-refractivity contribution in [1.29, 1.82) is 0 Å². The van der Waals surface area contributed by atoms with Crippen molar-refractivity contribution in [2.24, 2.45) is 5.92 Å². The van der Waals surface area contributed by atoms with Crippen LogP contribution in [0.5, 0.6) is 0 Å². The number of hydrogen-bond donors (Lipinski definition) is 1. The lowest BCUT2D eigenvalue weighted by atomic mass is 10.0. The first kappa shape index (κ1) is 20.9. The van der Waals surface area contributed by atoms with Gasteiger partial charge in [0.25, 0.3) is 15.9 Å². The molecule has 0 bridgehead atoms. The lowest BCUT2D eigenvalue weighted by Gasteiger charge is -2.28. The summed E-state index contributed by atoms with van der Waals surface area (Å²) in [6.07, 6.45) is 3.99. The first-order chi connectivity index (χ1) is 13.3. The fourth-order valence-electron chi connectivity index (χ4n) is 3.19. The van der Waals surface area contributed by atoms with E-state index in [0.717, 1.165) is 30.0 Å². The molecule has 1 aliphatic heterocycles. The molecular formula is C18H27N5O3S2. The molecule has 2 aromatic heterocycles. The second-order valence-electron chi connectivity index (χ2n) is 7.46. The van der Waals surface area contributed by atoms with Crippen molar-refractivity contribution in [3.8, 4) is 0 Å². The third-order valence-electron chi connectivity index (χ3n) is 4.98. The van der Waals surface area contributed by atoms with E-state index in [2.05, 4.69) is 22.4 Å². The number of hydrogen-bond acceptors (Lipinski definition) is 6. The van der Waals surface area contributed by atoms with Crippen LogP contribution in [-0.2, 0) is 16.4 Å². The van der Waals surface area contributed by atoms with Crippen LogP contribution >= 0.6 is 11.3 Å².